The molecule has 1 aliphatic carbocycles. The van der Waals surface area contributed by atoms with Gasteiger partial charge in [-0.15, -0.1) is 0 Å². The van der Waals surface area contributed by atoms with Crippen molar-refractivity contribution in [3.63, 3.8) is 0 Å². The fourth-order valence-electron chi connectivity index (χ4n) is 3.77. The molecule has 2 aromatic carbocycles. The molecule has 0 heterocycles. The molecule has 0 bridgehead atoms. The molecule has 0 N–H and O–H groups in total. The van der Waals surface area contributed by atoms with Crippen molar-refractivity contribution in [3.05, 3.63) is 71.8 Å². The Bertz CT molecular complexity index is 796. The molecule has 0 nitrogen and oxygen atoms in total. The molecule has 0 radical (unpaired) electrons. The molecule has 0 aliphatic heterocycles. The lowest BCUT2D eigenvalue weighted by Crippen LogP contribution is -2.11. The molecule has 3 rings (SSSR count). The van der Waals surface area contributed by atoms with Gasteiger partial charge in [-0.1, -0.05) is 63.3 Å². The summed E-state index contributed by atoms with van der Waals surface area (Å²) >= 11 is 0. The van der Waals surface area contributed by atoms with Gasteiger partial charge < -0.3 is 0 Å². The molecule has 25 heavy (non-hydrogen) atoms. The van der Waals surface area contributed by atoms with Gasteiger partial charge in [0.1, 0.15) is 0 Å². The van der Waals surface area contributed by atoms with E-state index in [-0.39, 0.29) is 5.56 Å². The van der Waals surface area contributed by atoms with E-state index in [1.807, 2.05) is 6.07 Å². The smallest absolute Gasteiger partial charge is 0.166 e. The molecular weight excluding hydrogens is 314 g/mol. The highest BCUT2D eigenvalue weighted by molar-refractivity contribution is 5.77. The minimum atomic E-state index is -0.855. The molecular formula is C23H24F2. The van der Waals surface area contributed by atoms with Crippen LogP contribution in [0.1, 0.15) is 55.2 Å². The molecule has 2 heteroatoms. The van der Waals surface area contributed by atoms with Gasteiger partial charge in [0.2, 0.25) is 0 Å². The second-order valence-corrected chi connectivity index (χ2v) is 7.07. The topological polar surface area (TPSA) is 0 Å². The molecule has 0 atom stereocenters. The van der Waals surface area contributed by atoms with Crippen molar-refractivity contribution in [2.75, 3.05) is 0 Å². The fourth-order valence-corrected chi connectivity index (χ4v) is 3.77. The zero-order chi connectivity index (χ0) is 18.0. The standard InChI is InChI=1S/C23H24F2/c1-4-16-12-19(18-8-6-15(3)7-9-18)10-11-21(16)20-13-17(5-2)23(25)22(24)14-20/h4-5,10-15,18H,1-2,6-9H2,3H3. The van der Waals surface area contributed by atoms with Crippen LogP contribution in [0.4, 0.5) is 8.78 Å². The van der Waals surface area contributed by atoms with E-state index in [4.69, 9.17) is 0 Å². The largest absolute Gasteiger partial charge is 0.204 e. The Morgan fingerprint density at radius 3 is 2.24 bits per heavy atom. The second kappa shape index (κ2) is 7.35. The third-order valence-electron chi connectivity index (χ3n) is 5.37. The van der Waals surface area contributed by atoms with Crippen LogP contribution >= 0.6 is 0 Å². The fraction of sp³-hybridized carbons (Fsp3) is 0.304. The first kappa shape index (κ1) is 17.6. The summed E-state index contributed by atoms with van der Waals surface area (Å²) in [5.74, 6) is -0.314. The first-order valence-electron chi connectivity index (χ1n) is 8.91. The van der Waals surface area contributed by atoms with Crippen LogP contribution in [0.3, 0.4) is 0 Å². The minimum absolute atomic E-state index is 0.176. The van der Waals surface area contributed by atoms with Crippen LogP contribution < -0.4 is 0 Å². The molecule has 0 unspecified atom stereocenters. The molecule has 1 fully saturated rings. The van der Waals surface area contributed by atoms with Gasteiger partial charge in [-0.05, 0) is 59.1 Å². The predicted molar refractivity (Wildman–Crippen MR) is 102 cm³/mol. The Kier molecular flexibility index (Phi) is 5.17. The minimum Gasteiger partial charge on any atom is -0.204 e. The zero-order valence-electron chi connectivity index (χ0n) is 14.7. The molecule has 130 valence electrons. The van der Waals surface area contributed by atoms with Crippen molar-refractivity contribution in [1.82, 2.24) is 0 Å². The van der Waals surface area contributed by atoms with Crippen LogP contribution in [0.25, 0.3) is 23.3 Å². The molecule has 0 amide bonds. The quantitative estimate of drug-likeness (QED) is 0.552. The molecule has 1 aliphatic rings. The maximum absolute atomic E-state index is 13.9. The lowest BCUT2D eigenvalue weighted by Gasteiger charge is -2.27. The molecule has 0 spiro atoms. The van der Waals surface area contributed by atoms with Crippen LogP contribution in [0, 0.1) is 17.6 Å². The van der Waals surface area contributed by atoms with Crippen LogP contribution in [0.5, 0.6) is 0 Å². The third-order valence-corrected chi connectivity index (χ3v) is 5.37. The summed E-state index contributed by atoms with van der Waals surface area (Å²) in [4.78, 5) is 0. The van der Waals surface area contributed by atoms with Crippen molar-refractivity contribution in [3.8, 4) is 11.1 Å². The van der Waals surface area contributed by atoms with E-state index < -0.39 is 11.6 Å². The van der Waals surface area contributed by atoms with Gasteiger partial charge >= 0.3 is 0 Å². The number of benzene rings is 2. The lowest BCUT2D eigenvalue weighted by atomic mass is 9.78. The van der Waals surface area contributed by atoms with E-state index in [2.05, 4.69) is 32.2 Å². The maximum Gasteiger partial charge on any atom is 0.166 e. The van der Waals surface area contributed by atoms with Crippen molar-refractivity contribution < 1.29 is 8.78 Å². The van der Waals surface area contributed by atoms with Crippen LogP contribution in [-0.2, 0) is 0 Å². The number of halogens is 2. The average molecular weight is 338 g/mol. The molecule has 0 aromatic heterocycles. The predicted octanol–water partition coefficient (Wildman–Crippen LogP) is 7.21. The van der Waals surface area contributed by atoms with Crippen LogP contribution in [0.2, 0.25) is 0 Å². The summed E-state index contributed by atoms with van der Waals surface area (Å²) in [7, 11) is 0. The monoisotopic (exact) mass is 338 g/mol. The van der Waals surface area contributed by atoms with Crippen LogP contribution in [-0.4, -0.2) is 0 Å². The van der Waals surface area contributed by atoms with Gasteiger partial charge in [0.25, 0.3) is 0 Å². The summed E-state index contributed by atoms with van der Waals surface area (Å²) in [5, 5.41) is 0. The van der Waals surface area contributed by atoms with E-state index in [0.29, 0.717) is 11.5 Å². The van der Waals surface area contributed by atoms with Gasteiger partial charge in [-0.3, -0.25) is 0 Å². The Morgan fingerprint density at radius 1 is 0.920 bits per heavy atom. The average Bonchev–Trinajstić information content (AvgIpc) is 2.64. The summed E-state index contributed by atoms with van der Waals surface area (Å²) in [6.07, 6.45) is 8.08. The Hall–Kier alpha value is -2.22. The Morgan fingerprint density at radius 2 is 1.60 bits per heavy atom. The van der Waals surface area contributed by atoms with E-state index in [0.717, 1.165) is 17.0 Å². The first-order chi connectivity index (χ1) is 12.0. The maximum atomic E-state index is 13.9. The lowest BCUT2D eigenvalue weighted by molar-refractivity contribution is 0.348. The van der Waals surface area contributed by atoms with Gasteiger partial charge in [-0.2, -0.15) is 0 Å². The van der Waals surface area contributed by atoms with Gasteiger partial charge in [0, 0.05) is 5.56 Å². The van der Waals surface area contributed by atoms with Gasteiger partial charge in [0.05, 0.1) is 0 Å². The summed E-state index contributed by atoms with van der Waals surface area (Å²) in [6.45, 7) is 9.79. The summed E-state index contributed by atoms with van der Waals surface area (Å²) < 4.78 is 27.7. The molecule has 0 saturated heterocycles. The third kappa shape index (κ3) is 3.58. The SMILES string of the molecule is C=Cc1cc(C2CCC(C)CC2)ccc1-c1cc(F)c(F)c(C=C)c1. The highest BCUT2D eigenvalue weighted by Gasteiger charge is 2.20. The molecule has 2 aromatic rings. The van der Waals surface area contributed by atoms with Crippen LogP contribution in [0.15, 0.2) is 43.5 Å². The van der Waals surface area contributed by atoms with E-state index in [1.165, 1.54) is 43.4 Å². The number of rotatable bonds is 4. The van der Waals surface area contributed by atoms with E-state index in [1.54, 1.807) is 12.1 Å². The van der Waals surface area contributed by atoms with Crippen molar-refractivity contribution >= 4 is 12.2 Å². The number of hydrogen-bond acceptors (Lipinski definition) is 0. The van der Waals surface area contributed by atoms with Crippen molar-refractivity contribution in [2.24, 2.45) is 5.92 Å². The zero-order valence-corrected chi connectivity index (χ0v) is 14.7. The van der Waals surface area contributed by atoms with Gasteiger partial charge in [-0.25, -0.2) is 8.78 Å². The Labute approximate surface area is 148 Å². The normalized spacial score (nSPS) is 20.3. The highest BCUT2D eigenvalue weighted by atomic mass is 19.2. The highest BCUT2D eigenvalue weighted by Crippen LogP contribution is 2.38. The summed E-state index contributed by atoms with van der Waals surface area (Å²) in [5.41, 5.74) is 3.96. The summed E-state index contributed by atoms with van der Waals surface area (Å²) in [6, 6.07) is 9.15. The van der Waals surface area contributed by atoms with Crippen molar-refractivity contribution in [2.45, 2.75) is 38.5 Å². The van der Waals surface area contributed by atoms with E-state index in [9.17, 15) is 8.78 Å². The first-order valence-corrected chi connectivity index (χ1v) is 8.91. The second-order valence-electron chi connectivity index (χ2n) is 7.07. The molecule has 1 saturated carbocycles. The van der Waals surface area contributed by atoms with Crippen molar-refractivity contribution in [1.29, 1.82) is 0 Å². The van der Waals surface area contributed by atoms with E-state index >= 15 is 0 Å². The van der Waals surface area contributed by atoms with Gasteiger partial charge in [0.15, 0.2) is 11.6 Å². The Balaban J connectivity index is 1.99. The number of hydrogen-bond donors (Lipinski definition) is 0.